The Morgan fingerprint density at radius 3 is 2.46 bits per heavy atom. The fraction of sp³-hybridized carbons (Fsp3) is 0.611. The van der Waals surface area contributed by atoms with Crippen LogP contribution in [0.15, 0.2) is 23.1 Å². The van der Waals surface area contributed by atoms with E-state index in [1.54, 1.807) is 18.2 Å². The molecule has 0 spiro atoms. The summed E-state index contributed by atoms with van der Waals surface area (Å²) < 4.78 is 28.3. The Morgan fingerprint density at radius 2 is 1.83 bits per heavy atom. The molecule has 1 aromatic rings. The van der Waals surface area contributed by atoms with Crippen molar-refractivity contribution in [3.8, 4) is 0 Å². The second-order valence-electron chi connectivity index (χ2n) is 7.54. The molecule has 5 nitrogen and oxygen atoms in total. The Bertz CT molecular complexity index is 735. The minimum Gasteiger partial charge on any atom is -0.325 e. The van der Waals surface area contributed by atoms with E-state index in [1.807, 2.05) is 13.8 Å². The lowest BCUT2D eigenvalue weighted by Gasteiger charge is -2.26. The van der Waals surface area contributed by atoms with E-state index < -0.39 is 10.0 Å². The number of benzene rings is 1. The van der Waals surface area contributed by atoms with Crippen molar-refractivity contribution in [2.75, 3.05) is 5.32 Å². The predicted molar refractivity (Wildman–Crippen MR) is 94.4 cm³/mol. The van der Waals surface area contributed by atoms with Crippen LogP contribution in [-0.4, -0.2) is 20.4 Å². The molecule has 0 aromatic heterocycles. The van der Waals surface area contributed by atoms with Crippen LogP contribution in [0.1, 0.15) is 57.9 Å². The molecule has 1 atom stereocenters. The van der Waals surface area contributed by atoms with Crippen molar-refractivity contribution in [2.24, 2.45) is 11.8 Å². The molecule has 6 heteroatoms. The van der Waals surface area contributed by atoms with Gasteiger partial charge in [0.15, 0.2) is 0 Å². The van der Waals surface area contributed by atoms with Gasteiger partial charge >= 0.3 is 0 Å². The van der Waals surface area contributed by atoms with E-state index in [1.165, 1.54) is 0 Å². The summed E-state index contributed by atoms with van der Waals surface area (Å²) in [7, 11) is -3.55. The molecule has 1 aliphatic heterocycles. The first kappa shape index (κ1) is 17.4. The molecule has 1 aliphatic carbocycles. The normalized spacial score (nSPS) is 27.2. The number of anilines is 1. The first-order chi connectivity index (χ1) is 11.3. The van der Waals surface area contributed by atoms with Gasteiger partial charge in [-0.2, -0.15) is 0 Å². The van der Waals surface area contributed by atoms with Gasteiger partial charge in [0.1, 0.15) is 0 Å². The second kappa shape index (κ2) is 6.48. The highest BCUT2D eigenvalue weighted by Crippen LogP contribution is 2.38. The lowest BCUT2D eigenvalue weighted by Crippen LogP contribution is -2.37. The Hall–Kier alpha value is -1.40. The van der Waals surface area contributed by atoms with Crippen molar-refractivity contribution in [2.45, 2.75) is 63.3 Å². The molecule has 1 unspecified atom stereocenters. The second-order valence-corrected chi connectivity index (χ2v) is 9.25. The van der Waals surface area contributed by atoms with E-state index in [2.05, 4.69) is 17.0 Å². The third kappa shape index (κ3) is 3.35. The van der Waals surface area contributed by atoms with Crippen molar-refractivity contribution < 1.29 is 13.2 Å². The summed E-state index contributed by atoms with van der Waals surface area (Å²) in [5.74, 6) is 0.459. The highest BCUT2D eigenvalue weighted by Gasteiger charge is 2.34. The van der Waals surface area contributed by atoms with Gasteiger partial charge < -0.3 is 5.32 Å². The smallest absolute Gasteiger partial charge is 0.240 e. The fourth-order valence-electron chi connectivity index (χ4n) is 3.76. The van der Waals surface area contributed by atoms with Crippen LogP contribution in [0.5, 0.6) is 0 Å². The molecule has 1 heterocycles. The molecule has 1 aromatic carbocycles. The Balaban J connectivity index is 1.83. The van der Waals surface area contributed by atoms with Crippen LogP contribution in [0.3, 0.4) is 0 Å². The Labute approximate surface area is 144 Å². The van der Waals surface area contributed by atoms with Crippen molar-refractivity contribution in [1.29, 1.82) is 0 Å². The SMILES string of the molecule is CC1CCC(NS(=O)(=O)c2ccc3c(c2)C(C(C)C)C(=O)N3)CC1. The van der Waals surface area contributed by atoms with Crippen molar-refractivity contribution >= 4 is 21.6 Å². The van der Waals surface area contributed by atoms with E-state index in [0.29, 0.717) is 5.92 Å². The first-order valence-corrected chi connectivity index (χ1v) is 10.2. The number of sulfonamides is 1. The summed E-state index contributed by atoms with van der Waals surface area (Å²) in [6.07, 6.45) is 3.90. The molecule has 1 fully saturated rings. The molecule has 0 saturated heterocycles. The lowest BCUT2D eigenvalue weighted by molar-refractivity contribution is -0.117. The third-order valence-electron chi connectivity index (χ3n) is 5.21. The first-order valence-electron chi connectivity index (χ1n) is 8.75. The number of fused-ring (bicyclic) bond motifs is 1. The average Bonchev–Trinajstić information content (AvgIpc) is 2.84. The van der Waals surface area contributed by atoms with Crippen LogP contribution in [0.25, 0.3) is 0 Å². The monoisotopic (exact) mass is 350 g/mol. The van der Waals surface area contributed by atoms with Gasteiger partial charge in [0, 0.05) is 11.7 Å². The Kier molecular flexibility index (Phi) is 4.71. The summed E-state index contributed by atoms with van der Waals surface area (Å²) in [4.78, 5) is 12.4. The minimum atomic E-state index is -3.55. The number of amides is 1. The molecule has 0 bridgehead atoms. The summed E-state index contributed by atoms with van der Waals surface area (Å²) in [5, 5.41) is 2.84. The molecule has 132 valence electrons. The van der Waals surface area contributed by atoms with Crippen LogP contribution < -0.4 is 10.0 Å². The zero-order valence-electron chi connectivity index (χ0n) is 14.5. The van der Waals surface area contributed by atoms with Crippen LogP contribution >= 0.6 is 0 Å². The Morgan fingerprint density at radius 1 is 1.17 bits per heavy atom. The number of carbonyl (C=O) groups excluding carboxylic acids is 1. The number of carbonyl (C=O) groups is 1. The van der Waals surface area contributed by atoms with Gasteiger partial charge in [-0.1, -0.05) is 20.8 Å². The van der Waals surface area contributed by atoms with Gasteiger partial charge in [-0.05, 0) is 61.3 Å². The standard InChI is InChI=1S/C18H26N2O3S/c1-11(2)17-15-10-14(8-9-16(15)19-18(17)21)24(22,23)20-13-6-4-12(3)5-7-13/h8-13,17,20H,4-7H2,1-3H3,(H,19,21). The van der Waals surface area contributed by atoms with Gasteiger partial charge in [-0.25, -0.2) is 13.1 Å². The molecular formula is C18H26N2O3S. The highest BCUT2D eigenvalue weighted by atomic mass is 32.2. The molecule has 1 amide bonds. The van der Waals surface area contributed by atoms with Gasteiger partial charge in [0.05, 0.1) is 10.8 Å². The number of hydrogen-bond acceptors (Lipinski definition) is 3. The van der Waals surface area contributed by atoms with E-state index in [4.69, 9.17) is 0 Å². The molecule has 0 radical (unpaired) electrons. The zero-order chi connectivity index (χ0) is 17.5. The van der Waals surface area contributed by atoms with E-state index in [9.17, 15) is 13.2 Å². The molecule has 3 rings (SSSR count). The summed E-state index contributed by atoms with van der Waals surface area (Å²) in [6, 6.07) is 4.95. The predicted octanol–water partition coefficient (Wildman–Crippen LogP) is 3.24. The number of hydrogen-bond donors (Lipinski definition) is 2. The lowest BCUT2D eigenvalue weighted by atomic mass is 9.88. The van der Waals surface area contributed by atoms with Gasteiger partial charge in [-0.3, -0.25) is 4.79 Å². The van der Waals surface area contributed by atoms with E-state index >= 15 is 0 Å². The van der Waals surface area contributed by atoms with Crippen molar-refractivity contribution in [3.05, 3.63) is 23.8 Å². The van der Waals surface area contributed by atoms with Crippen LogP contribution in [0.2, 0.25) is 0 Å². The third-order valence-corrected chi connectivity index (χ3v) is 6.73. The van der Waals surface area contributed by atoms with Gasteiger partial charge in [0.2, 0.25) is 15.9 Å². The molecular weight excluding hydrogens is 324 g/mol. The quantitative estimate of drug-likeness (QED) is 0.875. The minimum absolute atomic E-state index is 0.0140. The van der Waals surface area contributed by atoms with Crippen molar-refractivity contribution in [1.82, 2.24) is 4.72 Å². The summed E-state index contributed by atoms with van der Waals surface area (Å²) in [6.45, 7) is 6.16. The fourth-order valence-corrected chi connectivity index (χ4v) is 5.10. The maximum atomic E-state index is 12.7. The highest BCUT2D eigenvalue weighted by molar-refractivity contribution is 7.89. The maximum absolute atomic E-state index is 12.7. The topological polar surface area (TPSA) is 75.3 Å². The molecule has 2 aliphatic rings. The number of rotatable bonds is 4. The van der Waals surface area contributed by atoms with E-state index in [0.717, 1.165) is 36.9 Å². The summed E-state index contributed by atoms with van der Waals surface area (Å²) >= 11 is 0. The van der Waals surface area contributed by atoms with Crippen LogP contribution in [-0.2, 0) is 14.8 Å². The molecule has 1 saturated carbocycles. The van der Waals surface area contributed by atoms with Crippen LogP contribution in [0.4, 0.5) is 5.69 Å². The molecule has 2 N–H and O–H groups in total. The van der Waals surface area contributed by atoms with Gasteiger partial charge in [-0.15, -0.1) is 0 Å². The average molecular weight is 350 g/mol. The largest absolute Gasteiger partial charge is 0.325 e. The van der Waals surface area contributed by atoms with E-state index in [-0.39, 0.29) is 28.7 Å². The van der Waals surface area contributed by atoms with Crippen LogP contribution in [0, 0.1) is 11.8 Å². The maximum Gasteiger partial charge on any atom is 0.240 e. The summed E-state index contributed by atoms with van der Waals surface area (Å²) in [5.41, 5.74) is 1.51. The van der Waals surface area contributed by atoms with Crippen molar-refractivity contribution in [3.63, 3.8) is 0 Å². The zero-order valence-corrected chi connectivity index (χ0v) is 15.3. The molecule has 24 heavy (non-hydrogen) atoms. The number of nitrogens with one attached hydrogen (secondary N) is 2. The van der Waals surface area contributed by atoms with Gasteiger partial charge in [0.25, 0.3) is 0 Å².